The third-order valence-corrected chi connectivity index (χ3v) is 6.36. The largest absolute Gasteiger partial charge is 0.354 e. The summed E-state index contributed by atoms with van der Waals surface area (Å²) in [6.45, 7) is 0.155. The van der Waals surface area contributed by atoms with Crippen LogP contribution in [0.15, 0.2) is 48.5 Å². The van der Waals surface area contributed by atoms with Crippen LogP contribution in [-0.4, -0.2) is 39.4 Å². The molecule has 0 atom stereocenters. The van der Waals surface area contributed by atoms with Gasteiger partial charge in [-0.1, -0.05) is 41.4 Å². The van der Waals surface area contributed by atoms with Crippen molar-refractivity contribution in [3.05, 3.63) is 64.1 Å². The molecule has 0 heterocycles. The van der Waals surface area contributed by atoms with E-state index in [0.29, 0.717) is 23.0 Å². The second kappa shape index (κ2) is 10.2. The zero-order valence-corrected chi connectivity index (χ0v) is 17.8. The molecule has 146 valence electrons. The van der Waals surface area contributed by atoms with E-state index in [-0.39, 0.29) is 12.5 Å². The number of carbonyl (C=O) groups is 1. The highest BCUT2D eigenvalue weighted by Crippen LogP contribution is 2.21. The summed E-state index contributed by atoms with van der Waals surface area (Å²) >= 11 is 13.6. The fourth-order valence-corrected chi connectivity index (χ4v) is 4.38. The molecule has 0 fully saturated rings. The number of rotatable bonds is 9. The molecule has 0 aliphatic rings. The van der Waals surface area contributed by atoms with Crippen LogP contribution in [0.1, 0.15) is 5.56 Å². The van der Waals surface area contributed by atoms with Crippen molar-refractivity contribution in [2.24, 2.45) is 0 Å². The quantitative estimate of drug-likeness (QED) is 0.594. The van der Waals surface area contributed by atoms with E-state index < -0.39 is 10.0 Å². The first-order chi connectivity index (χ1) is 12.8. The maximum Gasteiger partial charge on any atom is 0.240 e. The van der Waals surface area contributed by atoms with Crippen LogP contribution in [0, 0.1) is 0 Å². The molecule has 0 aliphatic carbocycles. The van der Waals surface area contributed by atoms with E-state index in [9.17, 15) is 13.2 Å². The molecule has 9 heteroatoms. The Morgan fingerprint density at radius 1 is 1.11 bits per heavy atom. The molecule has 0 saturated carbocycles. The monoisotopic (exact) mass is 446 g/mol. The number of benzene rings is 2. The van der Waals surface area contributed by atoms with Gasteiger partial charge in [-0.3, -0.25) is 9.10 Å². The molecule has 0 aliphatic heterocycles. The molecule has 0 spiro atoms. The van der Waals surface area contributed by atoms with E-state index in [1.807, 2.05) is 24.3 Å². The molecule has 2 aromatic carbocycles. The van der Waals surface area contributed by atoms with E-state index in [1.165, 1.54) is 0 Å². The minimum Gasteiger partial charge on any atom is -0.354 e. The molecular weight excluding hydrogens is 427 g/mol. The second-order valence-electron chi connectivity index (χ2n) is 5.74. The first kappa shape index (κ1) is 21.9. The van der Waals surface area contributed by atoms with Crippen molar-refractivity contribution in [2.45, 2.75) is 5.75 Å². The summed E-state index contributed by atoms with van der Waals surface area (Å²) < 4.78 is 25.1. The Labute approximate surface area is 174 Å². The summed E-state index contributed by atoms with van der Waals surface area (Å²) in [4.78, 5) is 12.2. The minimum atomic E-state index is -3.59. The zero-order valence-electron chi connectivity index (χ0n) is 14.7. The summed E-state index contributed by atoms with van der Waals surface area (Å²) in [5, 5.41) is 3.96. The van der Waals surface area contributed by atoms with Crippen LogP contribution in [0.2, 0.25) is 10.0 Å². The topological polar surface area (TPSA) is 66.5 Å². The standard InChI is InChI=1S/C18H20Cl2N2O3S2/c1-27(24,25)22(16-8-6-15(19)7-9-16)12-18(23)21-10-11-26-13-14-4-2-3-5-17(14)20/h2-9H,10-13H2,1H3,(H,21,23). The lowest BCUT2D eigenvalue weighted by Crippen LogP contribution is -2.41. The number of halogens is 2. The maximum atomic E-state index is 12.2. The molecule has 2 aromatic rings. The molecule has 0 aromatic heterocycles. The van der Waals surface area contributed by atoms with Crippen LogP contribution in [0.3, 0.4) is 0 Å². The highest BCUT2D eigenvalue weighted by atomic mass is 35.5. The van der Waals surface area contributed by atoms with Crippen LogP contribution < -0.4 is 9.62 Å². The van der Waals surface area contributed by atoms with Crippen LogP contribution in [-0.2, 0) is 20.6 Å². The Morgan fingerprint density at radius 2 is 1.78 bits per heavy atom. The van der Waals surface area contributed by atoms with Gasteiger partial charge in [-0.05, 0) is 35.9 Å². The van der Waals surface area contributed by atoms with Gasteiger partial charge in [-0.2, -0.15) is 11.8 Å². The third-order valence-electron chi connectivity index (χ3n) is 3.59. The van der Waals surface area contributed by atoms with Crippen LogP contribution >= 0.6 is 35.0 Å². The predicted octanol–water partition coefficient (Wildman–Crippen LogP) is 3.81. The Hall–Kier alpha value is -1.41. The number of sulfonamides is 1. The van der Waals surface area contributed by atoms with Gasteiger partial charge in [0.25, 0.3) is 0 Å². The smallest absolute Gasteiger partial charge is 0.240 e. The third kappa shape index (κ3) is 7.25. The molecule has 1 amide bonds. The van der Waals surface area contributed by atoms with Crippen LogP contribution in [0.5, 0.6) is 0 Å². The predicted molar refractivity (Wildman–Crippen MR) is 114 cm³/mol. The highest BCUT2D eigenvalue weighted by Gasteiger charge is 2.20. The Balaban J connectivity index is 1.82. The number of anilines is 1. The lowest BCUT2D eigenvalue weighted by Gasteiger charge is -2.21. The van der Waals surface area contributed by atoms with Crippen molar-refractivity contribution in [1.82, 2.24) is 5.32 Å². The van der Waals surface area contributed by atoms with E-state index in [0.717, 1.165) is 26.9 Å². The van der Waals surface area contributed by atoms with Crippen LogP contribution in [0.4, 0.5) is 5.69 Å². The van der Waals surface area contributed by atoms with Gasteiger partial charge in [0.2, 0.25) is 15.9 Å². The van der Waals surface area contributed by atoms with E-state index in [1.54, 1.807) is 36.0 Å². The number of hydrogen-bond acceptors (Lipinski definition) is 4. The zero-order chi connectivity index (χ0) is 19.9. The minimum absolute atomic E-state index is 0.282. The maximum absolute atomic E-state index is 12.2. The van der Waals surface area contributed by atoms with Gasteiger partial charge in [0, 0.05) is 28.1 Å². The fourth-order valence-electron chi connectivity index (χ4n) is 2.25. The average molecular weight is 447 g/mol. The summed E-state index contributed by atoms with van der Waals surface area (Å²) in [5.74, 6) is 1.07. The number of thioether (sulfide) groups is 1. The van der Waals surface area contributed by atoms with Crippen molar-refractivity contribution < 1.29 is 13.2 Å². The van der Waals surface area contributed by atoms with Gasteiger partial charge in [-0.25, -0.2) is 8.42 Å². The molecule has 27 heavy (non-hydrogen) atoms. The SMILES string of the molecule is CS(=O)(=O)N(CC(=O)NCCSCc1ccccc1Cl)c1ccc(Cl)cc1. The van der Waals surface area contributed by atoms with Gasteiger partial charge in [0.1, 0.15) is 6.54 Å². The number of carbonyl (C=O) groups excluding carboxylic acids is 1. The van der Waals surface area contributed by atoms with E-state index >= 15 is 0 Å². The number of nitrogens with one attached hydrogen (secondary N) is 1. The lowest BCUT2D eigenvalue weighted by molar-refractivity contribution is -0.119. The molecule has 0 bridgehead atoms. The number of hydrogen-bond donors (Lipinski definition) is 1. The van der Waals surface area contributed by atoms with Crippen molar-refractivity contribution in [1.29, 1.82) is 0 Å². The van der Waals surface area contributed by atoms with Crippen molar-refractivity contribution in [3.63, 3.8) is 0 Å². The average Bonchev–Trinajstić information content (AvgIpc) is 2.61. The molecule has 1 N–H and O–H groups in total. The normalized spacial score (nSPS) is 11.2. The summed E-state index contributed by atoms with van der Waals surface area (Å²) in [6.07, 6.45) is 1.06. The summed E-state index contributed by atoms with van der Waals surface area (Å²) in [6, 6.07) is 13.9. The molecule has 5 nitrogen and oxygen atoms in total. The molecule has 0 unspecified atom stereocenters. The van der Waals surface area contributed by atoms with Crippen molar-refractivity contribution >= 4 is 56.6 Å². The number of nitrogens with zero attached hydrogens (tertiary/aromatic N) is 1. The van der Waals surface area contributed by atoms with Crippen molar-refractivity contribution in [3.8, 4) is 0 Å². The van der Waals surface area contributed by atoms with E-state index in [4.69, 9.17) is 23.2 Å². The summed E-state index contributed by atoms with van der Waals surface area (Å²) in [7, 11) is -3.59. The van der Waals surface area contributed by atoms with Gasteiger partial charge in [0.05, 0.1) is 11.9 Å². The first-order valence-electron chi connectivity index (χ1n) is 8.08. The lowest BCUT2D eigenvalue weighted by atomic mass is 10.2. The van der Waals surface area contributed by atoms with Gasteiger partial charge >= 0.3 is 0 Å². The molecule has 2 rings (SSSR count). The molecule has 0 radical (unpaired) electrons. The Morgan fingerprint density at radius 3 is 2.41 bits per heavy atom. The summed E-state index contributed by atoms with van der Waals surface area (Å²) in [5.41, 5.74) is 1.44. The Kier molecular flexibility index (Phi) is 8.28. The van der Waals surface area contributed by atoms with Crippen LogP contribution in [0.25, 0.3) is 0 Å². The molecule has 0 saturated heterocycles. The highest BCUT2D eigenvalue weighted by molar-refractivity contribution is 7.98. The second-order valence-corrected chi connectivity index (χ2v) is 9.60. The van der Waals surface area contributed by atoms with Crippen molar-refractivity contribution in [2.75, 3.05) is 29.4 Å². The first-order valence-corrected chi connectivity index (χ1v) is 11.8. The Bertz CT molecular complexity index is 874. The van der Waals surface area contributed by atoms with Gasteiger partial charge in [-0.15, -0.1) is 0 Å². The number of amides is 1. The fraction of sp³-hybridized carbons (Fsp3) is 0.278. The molecular formula is C18H20Cl2N2O3S2. The van der Waals surface area contributed by atoms with E-state index in [2.05, 4.69) is 5.32 Å². The van der Waals surface area contributed by atoms with Gasteiger partial charge in [0.15, 0.2) is 0 Å². The van der Waals surface area contributed by atoms with Gasteiger partial charge < -0.3 is 5.32 Å².